The molecule has 0 saturated carbocycles. The van der Waals surface area contributed by atoms with Gasteiger partial charge >= 0.3 is 5.97 Å². The van der Waals surface area contributed by atoms with E-state index >= 15 is 0 Å². The number of piperidine rings is 1. The number of esters is 1. The highest BCUT2D eigenvalue weighted by atomic mass is 32.1. The van der Waals surface area contributed by atoms with E-state index in [4.69, 9.17) is 14.7 Å². The van der Waals surface area contributed by atoms with Gasteiger partial charge in [0.15, 0.2) is 5.96 Å². The van der Waals surface area contributed by atoms with Crippen molar-refractivity contribution >= 4 is 23.3 Å². The van der Waals surface area contributed by atoms with Crippen LogP contribution in [0.15, 0.2) is 10.4 Å². The maximum absolute atomic E-state index is 11.9. The molecule has 2 rings (SSSR count). The minimum absolute atomic E-state index is 0.0161. The summed E-state index contributed by atoms with van der Waals surface area (Å²) in [5.41, 5.74) is 1.19. The number of hydrogen-bond donors (Lipinski definition) is 1. The van der Waals surface area contributed by atoms with Crippen LogP contribution in [0.4, 0.5) is 0 Å². The molecule has 7 heteroatoms. The molecule has 6 nitrogen and oxygen atoms in total. The third-order valence-corrected chi connectivity index (χ3v) is 5.27. The first kappa shape index (κ1) is 20.7. The Hall–Kier alpha value is -1.63. The largest absolute Gasteiger partial charge is 0.466 e. The zero-order valence-corrected chi connectivity index (χ0v) is 17.5. The summed E-state index contributed by atoms with van der Waals surface area (Å²) in [6.45, 7) is 13.9. The van der Waals surface area contributed by atoms with Crippen molar-refractivity contribution in [2.24, 2.45) is 10.9 Å². The fraction of sp³-hybridized carbons (Fsp3) is 0.737. The van der Waals surface area contributed by atoms with Crippen LogP contribution in [0.2, 0.25) is 0 Å². The second kappa shape index (κ2) is 9.35. The van der Waals surface area contributed by atoms with Gasteiger partial charge in [-0.3, -0.25) is 4.79 Å². The van der Waals surface area contributed by atoms with Crippen molar-refractivity contribution in [2.45, 2.75) is 59.4 Å². The molecule has 2 heterocycles. The molecule has 0 atom stereocenters. The van der Waals surface area contributed by atoms with Crippen molar-refractivity contribution in [2.75, 3.05) is 26.2 Å². The second-order valence-corrected chi connectivity index (χ2v) is 8.50. The first-order valence-electron chi connectivity index (χ1n) is 9.50. The number of rotatable bonds is 5. The van der Waals surface area contributed by atoms with Gasteiger partial charge in [-0.15, -0.1) is 11.3 Å². The lowest BCUT2D eigenvalue weighted by Crippen LogP contribution is -2.46. The van der Waals surface area contributed by atoms with Crippen molar-refractivity contribution in [1.82, 2.24) is 15.2 Å². The van der Waals surface area contributed by atoms with E-state index in [1.54, 1.807) is 11.3 Å². The summed E-state index contributed by atoms with van der Waals surface area (Å²) in [5, 5.41) is 6.53. The number of likely N-dealkylation sites (tertiary alicyclic amines) is 1. The number of carbonyl (C=O) groups excluding carboxylic acids is 1. The Morgan fingerprint density at radius 1 is 1.38 bits per heavy atom. The third kappa shape index (κ3) is 5.69. The number of aromatic nitrogens is 1. The quantitative estimate of drug-likeness (QED) is 0.483. The minimum atomic E-state index is -0.0633. The lowest BCUT2D eigenvalue weighted by molar-refractivity contribution is -0.149. The van der Waals surface area contributed by atoms with Crippen LogP contribution in [0.25, 0.3) is 0 Å². The number of thiazole rings is 1. The fourth-order valence-corrected chi connectivity index (χ4v) is 3.83. The van der Waals surface area contributed by atoms with Crippen LogP contribution in [0.1, 0.15) is 58.2 Å². The molecule has 26 heavy (non-hydrogen) atoms. The van der Waals surface area contributed by atoms with Crippen LogP contribution in [0, 0.1) is 5.92 Å². The molecule has 1 aliphatic rings. The summed E-state index contributed by atoms with van der Waals surface area (Å²) in [6.07, 6.45) is 1.63. The number of nitrogens with zero attached hydrogens (tertiary/aromatic N) is 3. The molecule has 1 N–H and O–H groups in total. The molecule has 1 aliphatic heterocycles. The van der Waals surface area contributed by atoms with Crippen molar-refractivity contribution < 1.29 is 9.53 Å². The molecule has 1 aromatic rings. The van der Waals surface area contributed by atoms with E-state index in [0.29, 0.717) is 13.2 Å². The minimum Gasteiger partial charge on any atom is -0.466 e. The normalized spacial score (nSPS) is 16.7. The van der Waals surface area contributed by atoms with Gasteiger partial charge in [0.05, 0.1) is 24.8 Å². The maximum Gasteiger partial charge on any atom is 0.309 e. The second-order valence-electron chi connectivity index (χ2n) is 7.56. The summed E-state index contributed by atoms with van der Waals surface area (Å²) in [4.78, 5) is 23.6. The Labute approximate surface area is 161 Å². The fourth-order valence-electron chi connectivity index (χ4n) is 2.88. The number of ether oxygens (including phenoxy) is 1. The lowest BCUT2D eigenvalue weighted by Gasteiger charge is -2.33. The van der Waals surface area contributed by atoms with Gasteiger partial charge < -0.3 is 15.0 Å². The van der Waals surface area contributed by atoms with E-state index < -0.39 is 0 Å². The van der Waals surface area contributed by atoms with E-state index in [9.17, 15) is 4.79 Å². The molecule has 146 valence electrons. The molecule has 0 unspecified atom stereocenters. The summed E-state index contributed by atoms with van der Waals surface area (Å²) in [7, 11) is 0. The molecule has 0 amide bonds. The SMILES string of the molecule is CCNC(=NCc1nc(C(C)(C)C)cs1)N1CCC(C(=O)OCC)CC1. The number of guanidine groups is 1. The average molecular weight is 381 g/mol. The Kier molecular flexibility index (Phi) is 7.43. The van der Waals surface area contributed by atoms with Gasteiger partial charge in [0.25, 0.3) is 0 Å². The number of hydrogen-bond acceptors (Lipinski definition) is 5. The van der Waals surface area contributed by atoms with Crippen LogP contribution in [-0.4, -0.2) is 48.1 Å². The standard InChI is InChI=1S/C19H32N4O2S/c1-6-20-18(21-12-16-22-15(13-26-16)19(3,4)5)23-10-8-14(9-11-23)17(24)25-7-2/h13-14H,6-12H2,1-5H3,(H,20,21). The summed E-state index contributed by atoms with van der Waals surface area (Å²) >= 11 is 1.67. The molecule has 0 aliphatic carbocycles. The summed E-state index contributed by atoms with van der Waals surface area (Å²) in [5.74, 6) is 0.858. The van der Waals surface area contributed by atoms with E-state index in [1.807, 2.05) is 6.92 Å². The molecule has 0 bridgehead atoms. The number of nitrogens with one attached hydrogen (secondary N) is 1. The van der Waals surface area contributed by atoms with Crippen LogP contribution in [0.3, 0.4) is 0 Å². The number of carbonyl (C=O) groups is 1. The smallest absolute Gasteiger partial charge is 0.309 e. The highest BCUT2D eigenvalue weighted by Crippen LogP contribution is 2.24. The van der Waals surface area contributed by atoms with Gasteiger partial charge in [-0.1, -0.05) is 20.8 Å². The monoisotopic (exact) mass is 380 g/mol. The molecule has 0 spiro atoms. The summed E-state index contributed by atoms with van der Waals surface area (Å²) < 4.78 is 5.15. The molecule has 1 aromatic heterocycles. The van der Waals surface area contributed by atoms with Crippen LogP contribution < -0.4 is 5.32 Å². The Bertz CT molecular complexity index is 613. The van der Waals surface area contributed by atoms with Crippen molar-refractivity contribution in [3.05, 3.63) is 16.1 Å². The summed E-state index contributed by atoms with van der Waals surface area (Å²) in [6, 6.07) is 0. The van der Waals surface area contributed by atoms with E-state index in [1.165, 1.54) is 0 Å². The van der Waals surface area contributed by atoms with Crippen LogP contribution in [0.5, 0.6) is 0 Å². The molecular weight excluding hydrogens is 348 g/mol. The van der Waals surface area contributed by atoms with Gasteiger partial charge in [-0.05, 0) is 26.7 Å². The molecule has 0 radical (unpaired) electrons. The average Bonchev–Trinajstić information content (AvgIpc) is 3.08. The van der Waals surface area contributed by atoms with Crippen molar-refractivity contribution in [3.8, 4) is 0 Å². The third-order valence-electron chi connectivity index (χ3n) is 4.43. The predicted octanol–water partition coefficient (Wildman–Crippen LogP) is 3.18. The van der Waals surface area contributed by atoms with Gasteiger partial charge in [-0.2, -0.15) is 0 Å². The van der Waals surface area contributed by atoms with Crippen molar-refractivity contribution in [1.29, 1.82) is 0 Å². The Morgan fingerprint density at radius 3 is 2.62 bits per heavy atom. The molecular formula is C19H32N4O2S. The number of aliphatic imine (C=N–C) groups is 1. The topological polar surface area (TPSA) is 66.8 Å². The van der Waals surface area contributed by atoms with Gasteiger partial charge in [0, 0.05) is 30.4 Å². The lowest BCUT2D eigenvalue weighted by atomic mass is 9.93. The maximum atomic E-state index is 11.9. The molecule has 0 aromatic carbocycles. The Balaban J connectivity index is 1.97. The van der Waals surface area contributed by atoms with Crippen molar-refractivity contribution in [3.63, 3.8) is 0 Å². The van der Waals surface area contributed by atoms with Crippen LogP contribution in [-0.2, 0) is 21.5 Å². The molecule has 1 fully saturated rings. The highest BCUT2D eigenvalue weighted by Gasteiger charge is 2.27. The zero-order valence-electron chi connectivity index (χ0n) is 16.7. The predicted molar refractivity (Wildman–Crippen MR) is 107 cm³/mol. The highest BCUT2D eigenvalue weighted by molar-refractivity contribution is 7.09. The molecule has 1 saturated heterocycles. The van der Waals surface area contributed by atoms with Gasteiger partial charge in [-0.25, -0.2) is 9.98 Å². The first-order chi connectivity index (χ1) is 12.3. The van der Waals surface area contributed by atoms with Crippen LogP contribution >= 0.6 is 11.3 Å². The Morgan fingerprint density at radius 2 is 2.08 bits per heavy atom. The van der Waals surface area contributed by atoms with E-state index in [2.05, 4.69) is 43.3 Å². The first-order valence-corrected chi connectivity index (χ1v) is 10.4. The van der Waals surface area contributed by atoms with E-state index in [-0.39, 0.29) is 17.3 Å². The van der Waals surface area contributed by atoms with Gasteiger partial charge in [0.1, 0.15) is 5.01 Å². The zero-order chi connectivity index (χ0) is 19.2. The van der Waals surface area contributed by atoms with E-state index in [0.717, 1.165) is 49.1 Å². The van der Waals surface area contributed by atoms with Gasteiger partial charge in [0.2, 0.25) is 0 Å².